The van der Waals surface area contributed by atoms with Crippen LogP contribution in [0.15, 0.2) is 59.5 Å². The van der Waals surface area contributed by atoms with Crippen LogP contribution in [0, 0.1) is 0 Å². The molecule has 0 radical (unpaired) electrons. The Morgan fingerprint density at radius 2 is 1.65 bits per heavy atom. The maximum atomic E-state index is 12.3. The second-order valence-corrected chi connectivity index (χ2v) is 7.34. The van der Waals surface area contributed by atoms with Gasteiger partial charge in [0, 0.05) is 11.6 Å². The van der Waals surface area contributed by atoms with E-state index in [0.717, 1.165) is 12.8 Å². The van der Waals surface area contributed by atoms with Crippen molar-refractivity contribution in [2.75, 3.05) is 0 Å². The molecule has 0 saturated carbocycles. The van der Waals surface area contributed by atoms with Crippen LogP contribution in [0.5, 0.6) is 0 Å². The average molecular weight is 331 g/mol. The number of rotatable bonds is 7. The molecule has 0 spiro atoms. The molecule has 0 fully saturated rings. The quantitative estimate of drug-likeness (QED) is 0.793. The van der Waals surface area contributed by atoms with Gasteiger partial charge in [-0.05, 0) is 44.4 Å². The summed E-state index contributed by atoms with van der Waals surface area (Å²) in [6.45, 7) is 3.30. The summed E-state index contributed by atoms with van der Waals surface area (Å²) in [6, 6.07) is 15.8. The lowest BCUT2D eigenvalue weighted by molar-refractivity contribution is 0.101. The molecule has 2 aromatic carbocycles. The van der Waals surface area contributed by atoms with Crippen LogP contribution >= 0.6 is 0 Å². The summed E-state index contributed by atoms with van der Waals surface area (Å²) in [6.07, 6.45) is 1.53. The molecule has 0 aliphatic heterocycles. The lowest BCUT2D eigenvalue weighted by Gasteiger charge is -2.14. The van der Waals surface area contributed by atoms with Gasteiger partial charge in [-0.25, -0.2) is 13.1 Å². The third kappa shape index (κ3) is 5.01. The molecule has 0 bridgehead atoms. The Hall–Kier alpha value is -1.98. The van der Waals surface area contributed by atoms with Gasteiger partial charge in [0.1, 0.15) is 0 Å². The average Bonchev–Trinajstić information content (AvgIpc) is 2.53. The van der Waals surface area contributed by atoms with E-state index in [1.54, 1.807) is 0 Å². The van der Waals surface area contributed by atoms with E-state index in [2.05, 4.69) is 4.72 Å². The summed E-state index contributed by atoms with van der Waals surface area (Å²) < 4.78 is 27.4. The van der Waals surface area contributed by atoms with E-state index in [1.807, 2.05) is 37.3 Å². The van der Waals surface area contributed by atoms with Crippen molar-refractivity contribution >= 4 is 15.8 Å². The van der Waals surface area contributed by atoms with Crippen LogP contribution < -0.4 is 4.72 Å². The van der Waals surface area contributed by atoms with E-state index in [4.69, 9.17) is 0 Å². The first-order valence-corrected chi connectivity index (χ1v) is 9.04. The highest BCUT2D eigenvalue weighted by molar-refractivity contribution is 7.89. The molecule has 23 heavy (non-hydrogen) atoms. The van der Waals surface area contributed by atoms with Crippen molar-refractivity contribution in [2.24, 2.45) is 0 Å². The van der Waals surface area contributed by atoms with Gasteiger partial charge in [0.2, 0.25) is 10.0 Å². The Morgan fingerprint density at radius 3 is 2.22 bits per heavy atom. The van der Waals surface area contributed by atoms with Crippen LogP contribution in [0.3, 0.4) is 0 Å². The molecule has 1 N–H and O–H groups in total. The molecule has 5 heteroatoms. The van der Waals surface area contributed by atoms with Gasteiger partial charge in [-0.1, -0.05) is 42.5 Å². The Bertz CT molecular complexity index is 753. The van der Waals surface area contributed by atoms with Crippen molar-refractivity contribution in [3.63, 3.8) is 0 Å². The molecule has 0 aliphatic carbocycles. The number of sulfonamides is 1. The highest BCUT2D eigenvalue weighted by atomic mass is 32.2. The minimum atomic E-state index is -3.57. The fourth-order valence-electron chi connectivity index (χ4n) is 2.29. The summed E-state index contributed by atoms with van der Waals surface area (Å²) >= 11 is 0. The van der Waals surface area contributed by atoms with Gasteiger partial charge in [-0.3, -0.25) is 4.79 Å². The van der Waals surface area contributed by atoms with Crippen molar-refractivity contribution in [1.29, 1.82) is 0 Å². The van der Waals surface area contributed by atoms with Gasteiger partial charge in [0.25, 0.3) is 0 Å². The van der Waals surface area contributed by atoms with Crippen LogP contribution in [0.4, 0.5) is 0 Å². The van der Waals surface area contributed by atoms with Crippen molar-refractivity contribution < 1.29 is 13.2 Å². The maximum Gasteiger partial charge on any atom is 0.240 e. The van der Waals surface area contributed by atoms with Gasteiger partial charge in [0.15, 0.2) is 5.78 Å². The van der Waals surface area contributed by atoms with Gasteiger partial charge < -0.3 is 0 Å². The van der Waals surface area contributed by atoms with E-state index in [1.165, 1.54) is 36.8 Å². The van der Waals surface area contributed by atoms with Crippen LogP contribution in [-0.4, -0.2) is 20.2 Å². The molecule has 0 saturated heterocycles. The Balaban J connectivity index is 1.98. The molecule has 122 valence electrons. The van der Waals surface area contributed by atoms with Crippen LogP contribution in [0.2, 0.25) is 0 Å². The zero-order valence-corrected chi connectivity index (χ0v) is 14.1. The van der Waals surface area contributed by atoms with E-state index in [9.17, 15) is 13.2 Å². The predicted molar refractivity (Wildman–Crippen MR) is 91.0 cm³/mol. The molecule has 0 aromatic heterocycles. The standard InChI is InChI=1S/C18H21NO3S/c1-14(8-9-16-6-4-3-5-7-16)19-23(21,22)18-12-10-17(11-13-18)15(2)20/h3-7,10-14,19H,8-9H2,1-2H3/t14-/m1/s1. The van der Waals surface area contributed by atoms with E-state index >= 15 is 0 Å². The number of Topliss-reactive ketones (excluding diaryl/α,β-unsaturated/α-hetero) is 1. The SMILES string of the molecule is CC(=O)c1ccc(S(=O)(=O)N[C@H](C)CCc2ccccc2)cc1. The Labute approximate surface area is 137 Å². The molecule has 2 rings (SSSR count). The van der Waals surface area contributed by atoms with Crippen LogP contribution in [-0.2, 0) is 16.4 Å². The van der Waals surface area contributed by atoms with Gasteiger partial charge in [-0.2, -0.15) is 0 Å². The number of carbonyl (C=O) groups excluding carboxylic acids is 1. The first-order valence-electron chi connectivity index (χ1n) is 7.56. The highest BCUT2D eigenvalue weighted by Gasteiger charge is 2.17. The van der Waals surface area contributed by atoms with Crippen LogP contribution in [0.1, 0.15) is 36.2 Å². The molecule has 4 nitrogen and oxygen atoms in total. The van der Waals surface area contributed by atoms with Crippen molar-refractivity contribution in [1.82, 2.24) is 4.72 Å². The van der Waals surface area contributed by atoms with Crippen LogP contribution in [0.25, 0.3) is 0 Å². The first-order chi connectivity index (χ1) is 10.9. The third-order valence-electron chi connectivity index (χ3n) is 3.64. The smallest absolute Gasteiger partial charge is 0.240 e. The predicted octanol–water partition coefficient (Wildman–Crippen LogP) is 3.19. The summed E-state index contributed by atoms with van der Waals surface area (Å²) in [4.78, 5) is 11.4. The second kappa shape index (κ2) is 7.53. The number of aryl methyl sites for hydroxylation is 1. The van der Waals surface area contributed by atoms with Gasteiger partial charge in [-0.15, -0.1) is 0 Å². The monoisotopic (exact) mass is 331 g/mol. The Morgan fingerprint density at radius 1 is 1.04 bits per heavy atom. The molecule has 0 heterocycles. The number of benzene rings is 2. The molecule has 2 aromatic rings. The summed E-state index contributed by atoms with van der Waals surface area (Å²) in [5, 5.41) is 0. The fraction of sp³-hybridized carbons (Fsp3) is 0.278. The topological polar surface area (TPSA) is 63.2 Å². The van der Waals surface area contributed by atoms with Crippen molar-refractivity contribution in [2.45, 2.75) is 37.6 Å². The molecule has 0 aliphatic rings. The second-order valence-electron chi connectivity index (χ2n) is 5.63. The zero-order chi connectivity index (χ0) is 16.9. The minimum absolute atomic E-state index is 0.0851. The van der Waals surface area contributed by atoms with Crippen molar-refractivity contribution in [3.8, 4) is 0 Å². The number of carbonyl (C=O) groups is 1. The third-order valence-corrected chi connectivity index (χ3v) is 5.24. The summed E-state index contributed by atoms with van der Waals surface area (Å²) in [5.41, 5.74) is 1.69. The van der Waals surface area contributed by atoms with Crippen molar-refractivity contribution in [3.05, 3.63) is 65.7 Å². The fourth-order valence-corrected chi connectivity index (χ4v) is 3.57. The highest BCUT2D eigenvalue weighted by Crippen LogP contribution is 2.13. The Kier molecular flexibility index (Phi) is 5.69. The molecule has 0 unspecified atom stereocenters. The first kappa shape index (κ1) is 17.4. The molecule has 1 atom stereocenters. The zero-order valence-electron chi connectivity index (χ0n) is 13.3. The van der Waals surface area contributed by atoms with E-state index in [-0.39, 0.29) is 16.7 Å². The number of hydrogen-bond donors (Lipinski definition) is 1. The maximum absolute atomic E-state index is 12.3. The minimum Gasteiger partial charge on any atom is -0.295 e. The molecular weight excluding hydrogens is 310 g/mol. The van der Waals surface area contributed by atoms with Gasteiger partial charge >= 0.3 is 0 Å². The number of ketones is 1. The molecular formula is C18H21NO3S. The summed E-state index contributed by atoms with van der Waals surface area (Å²) in [7, 11) is -3.57. The normalized spacial score (nSPS) is 12.8. The van der Waals surface area contributed by atoms with E-state index < -0.39 is 10.0 Å². The largest absolute Gasteiger partial charge is 0.295 e. The lowest BCUT2D eigenvalue weighted by Crippen LogP contribution is -2.32. The lowest BCUT2D eigenvalue weighted by atomic mass is 10.1. The number of hydrogen-bond acceptors (Lipinski definition) is 3. The number of nitrogens with one attached hydrogen (secondary N) is 1. The van der Waals surface area contributed by atoms with E-state index in [0.29, 0.717) is 5.56 Å². The van der Waals surface area contributed by atoms with Gasteiger partial charge in [0.05, 0.1) is 4.90 Å². The summed E-state index contributed by atoms with van der Waals surface area (Å²) in [5.74, 6) is -0.0851. The molecule has 0 amide bonds.